The van der Waals surface area contributed by atoms with Crippen LogP contribution in [0.1, 0.15) is 36.8 Å². The molecule has 1 unspecified atom stereocenters. The van der Waals surface area contributed by atoms with Crippen molar-refractivity contribution >= 4 is 16.6 Å². The van der Waals surface area contributed by atoms with Crippen LogP contribution in [0.2, 0.25) is 0 Å². The highest BCUT2D eigenvalue weighted by molar-refractivity contribution is 5.95. The van der Waals surface area contributed by atoms with Crippen LogP contribution in [-0.4, -0.2) is 26.5 Å². The summed E-state index contributed by atoms with van der Waals surface area (Å²) in [5.74, 6) is 0.324. The molecule has 0 aliphatic carbocycles. The van der Waals surface area contributed by atoms with Crippen molar-refractivity contribution in [3.8, 4) is 11.1 Å². The molecule has 0 spiro atoms. The van der Waals surface area contributed by atoms with Gasteiger partial charge in [-0.1, -0.05) is 36.4 Å². The van der Waals surface area contributed by atoms with Crippen molar-refractivity contribution < 1.29 is 13.9 Å². The van der Waals surface area contributed by atoms with E-state index in [4.69, 9.17) is 0 Å². The van der Waals surface area contributed by atoms with Crippen LogP contribution in [0.4, 0.5) is 14.5 Å². The quantitative estimate of drug-likeness (QED) is 0.411. The van der Waals surface area contributed by atoms with Crippen molar-refractivity contribution in [2.24, 2.45) is 0 Å². The first kappa shape index (κ1) is 21.8. The lowest BCUT2D eigenvalue weighted by molar-refractivity contribution is 0.0687. The number of alkyl halides is 2. The zero-order valence-electron chi connectivity index (χ0n) is 18.1. The lowest BCUT2D eigenvalue weighted by Gasteiger charge is -2.22. The van der Waals surface area contributed by atoms with Crippen molar-refractivity contribution in [1.82, 2.24) is 15.0 Å². The van der Waals surface area contributed by atoms with Crippen LogP contribution in [-0.2, 0) is 5.60 Å². The van der Waals surface area contributed by atoms with Gasteiger partial charge in [0.15, 0.2) is 5.82 Å². The molecule has 2 aromatic carbocycles. The molecule has 0 bridgehead atoms. The van der Waals surface area contributed by atoms with Gasteiger partial charge in [-0.05, 0) is 49.6 Å². The Morgan fingerprint density at radius 3 is 2.22 bits per heavy atom. The van der Waals surface area contributed by atoms with Crippen molar-refractivity contribution in [2.75, 3.05) is 5.32 Å². The average Bonchev–Trinajstić information content (AvgIpc) is 2.78. The van der Waals surface area contributed by atoms with Gasteiger partial charge in [0, 0.05) is 35.2 Å². The monoisotopic (exact) mass is 434 g/mol. The minimum atomic E-state index is -2.59. The second kappa shape index (κ2) is 8.59. The summed E-state index contributed by atoms with van der Waals surface area (Å²) in [6.45, 7) is 5.09. The number of aryl methyl sites for hydroxylation is 1. The number of aliphatic hydroxyl groups is 1. The molecule has 0 amide bonds. The van der Waals surface area contributed by atoms with Crippen LogP contribution in [0, 0.1) is 6.92 Å². The number of aromatic nitrogens is 3. The maximum atomic E-state index is 14.0. The third-order valence-corrected chi connectivity index (χ3v) is 5.30. The number of rotatable bonds is 6. The largest absolute Gasteiger partial charge is 0.382 e. The maximum Gasteiger partial charge on any atom is 0.262 e. The number of benzene rings is 2. The van der Waals surface area contributed by atoms with Crippen LogP contribution < -0.4 is 5.32 Å². The Bertz CT molecular complexity index is 1220. The first-order chi connectivity index (χ1) is 15.2. The second-order valence-electron chi connectivity index (χ2n) is 8.27. The van der Waals surface area contributed by atoms with E-state index >= 15 is 0 Å². The summed E-state index contributed by atoms with van der Waals surface area (Å²) in [5.41, 5.74) is 3.02. The highest BCUT2D eigenvalue weighted by Gasteiger charge is 2.24. The smallest absolute Gasteiger partial charge is 0.262 e. The summed E-state index contributed by atoms with van der Waals surface area (Å²) in [6.07, 6.45) is 2.37. The van der Waals surface area contributed by atoms with E-state index in [2.05, 4.69) is 20.3 Å². The van der Waals surface area contributed by atoms with Gasteiger partial charge in [-0.3, -0.25) is 4.98 Å². The molecule has 2 aromatic heterocycles. The van der Waals surface area contributed by atoms with E-state index in [1.54, 1.807) is 62.8 Å². The normalized spacial score (nSPS) is 12.8. The molecule has 0 saturated carbocycles. The van der Waals surface area contributed by atoms with Gasteiger partial charge >= 0.3 is 0 Å². The Morgan fingerprint density at radius 1 is 0.906 bits per heavy atom. The Labute approximate surface area is 185 Å². The van der Waals surface area contributed by atoms with Crippen molar-refractivity contribution in [1.29, 1.82) is 0 Å². The zero-order valence-corrected chi connectivity index (χ0v) is 18.1. The van der Waals surface area contributed by atoms with Crippen LogP contribution in [0.15, 0.2) is 67.1 Å². The minimum absolute atomic E-state index is 0.324. The Morgan fingerprint density at radius 2 is 1.59 bits per heavy atom. The second-order valence-corrected chi connectivity index (χ2v) is 8.27. The van der Waals surface area contributed by atoms with Crippen LogP contribution in [0.25, 0.3) is 22.0 Å². The lowest BCUT2D eigenvalue weighted by atomic mass is 10.0. The molecule has 2 N–H and O–H groups in total. The van der Waals surface area contributed by atoms with Crippen molar-refractivity contribution in [3.63, 3.8) is 0 Å². The highest BCUT2D eigenvalue weighted by Crippen LogP contribution is 2.34. The van der Waals surface area contributed by atoms with Crippen molar-refractivity contribution in [2.45, 2.75) is 38.8 Å². The fraction of sp³-hybridized carbons (Fsp3) is 0.240. The fourth-order valence-corrected chi connectivity index (χ4v) is 3.56. The molecule has 164 valence electrons. The topological polar surface area (TPSA) is 70.9 Å². The van der Waals surface area contributed by atoms with Gasteiger partial charge < -0.3 is 10.4 Å². The maximum absolute atomic E-state index is 14.0. The van der Waals surface area contributed by atoms with Gasteiger partial charge in [-0.2, -0.15) is 0 Å². The van der Waals surface area contributed by atoms with Crippen LogP contribution in [0.5, 0.6) is 0 Å². The van der Waals surface area contributed by atoms with E-state index in [1.165, 1.54) is 0 Å². The molecule has 7 heteroatoms. The van der Waals surface area contributed by atoms with Crippen LogP contribution >= 0.6 is 0 Å². The number of hydrogen-bond donors (Lipinski definition) is 2. The summed E-state index contributed by atoms with van der Waals surface area (Å²) in [4.78, 5) is 13.0. The third-order valence-electron chi connectivity index (χ3n) is 5.30. The standard InChI is InChI=1S/C25H24F2N4O/c1-15-12-28-20-10-9-17(18-13-29-24(30-14-18)25(2,3)32)11-19(20)21(15)31-22(23(26)27)16-7-5-4-6-8-16/h4-14,22-23,32H,1-3H3,(H,28,31). The highest BCUT2D eigenvalue weighted by atomic mass is 19.3. The summed E-state index contributed by atoms with van der Waals surface area (Å²) in [6, 6.07) is 13.2. The van der Waals surface area contributed by atoms with Crippen molar-refractivity contribution in [3.05, 3.63) is 84.1 Å². The molecule has 0 aliphatic heterocycles. The molecule has 1 atom stereocenters. The Kier molecular flexibility index (Phi) is 5.84. The lowest BCUT2D eigenvalue weighted by Crippen LogP contribution is -2.19. The van der Waals surface area contributed by atoms with Gasteiger partial charge in [-0.25, -0.2) is 18.7 Å². The molecule has 5 nitrogen and oxygen atoms in total. The number of anilines is 1. The molecule has 4 aromatic rings. The first-order valence-corrected chi connectivity index (χ1v) is 10.3. The number of pyridine rings is 1. The molecule has 32 heavy (non-hydrogen) atoms. The SMILES string of the molecule is Cc1cnc2ccc(-c3cnc(C(C)(C)O)nc3)cc2c1NC(c1ccccc1)C(F)F. The number of nitrogens with one attached hydrogen (secondary N) is 1. The number of hydrogen-bond acceptors (Lipinski definition) is 5. The average molecular weight is 434 g/mol. The van der Waals surface area contributed by atoms with E-state index in [1.807, 2.05) is 25.1 Å². The molecule has 0 fully saturated rings. The predicted molar refractivity (Wildman–Crippen MR) is 122 cm³/mol. The van der Waals surface area contributed by atoms with E-state index in [-0.39, 0.29) is 0 Å². The molecule has 2 heterocycles. The first-order valence-electron chi connectivity index (χ1n) is 10.3. The number of fused-ring (bicyclic) bond motifs is 1. The summed E-state index contributed by atoms with van der Waals surface area (Å²) >= 11 is 0. The van der Waals surface area contributed by atoms with Gasteiger partial charge in [0.05, 0.1) is 5.52 Å². The van der Waals surface area contributed by atoms with E-state index < -0.39 is 18.1 Å². The van der Waals surface area contributed by atoms with Crippen LogP contribution in [0.3, 0.4) is 0 Å². The summed E-state index contributed by atoms with van der Waals surface area (Å²) < 4.78 is 27.9. The van der Waals surface area contributed by atoms with E-state index in [9.17, 15) is 13.9 Å². The molecule has 4 rings (SSSR count). The predicted octanol–water partition coefficient (Wildman–Crippen LogP) is 5.65. The van der Waals surface area contributed by atoms with E-state index in [0.717, 1.165) is 22.1 Å². The molecule has 0 radical (unpaired) electrons. The van der Waals surface area contributed by atoms with Gasteiger partial charge in [0.2, 0.25) is 0 Å². The molecule has 0 saturated heterocycles. The number of nitrogens with zero attached hydrogens (tertiary/aromatic N) is 3. The Hall–Kier alpha value is -3.45. The van der Waals surface area contributed by atoms with Gasteiger partial charge in [0.1, 0.15) is 11.6 Å². The summed E-state index contributed by atoms with van der Waals surface area (Å²) in [7, 11) is 0. The minimum Gasteiger partial charge on any atom is -0.382 e. The third kappa shape index (κ3) is 4.43. The number of halogens is 2. The fourth-order valence-electron chi connectivity index (χ4n) is 3.56. The van der Waals surface area contributed by atoms with Gasteiger partial charge in [-0.15, -0.1) is 0 Å². The Balaban J connectivity index is 1.77. The molecular weight excluding hydrogens is 410 g/mol. The van der Waals surface area contributed by atoms with Gasteiger partial charge in [0.25, 0.3) is 6.43 Å². The molecular formula is C25H24F2N4O. The zero-order chi connectivity index (χ0) is 22.9. The summed E-state index contributed by atoms with van der Waals surface area (Å²) in [5, 5.41) is 13.9. The molecule has 0 aliphatic rings. The van der Waals surface area contributed by atoms with E-state index in [0.29, 0.717) is 22.6 Å².